The fourth-order valence-corrected chi connectivity index (χ4v) is 4.13. The summed E-state index contributed by atoms with van der Waals surface area (Å²) in [4.78, 5) is 12.7. The van der Waals surface area contributed by atoms with Crippen molar-refractivity contribution in [3.63, 3.8) is 0 Å². The second-order valence-electron chi connectivity index (χ2n) is 5.72. The number of nitrogens with two attached hydrogens (primary N) is 1. The van der Waals surface area contributed by atoms with Crippen molar-refractivity contribution in [2.75, 3.05) is 5.73 Å². The molecule has 0 bridgehead atoms. The van der Waals surface area contributed by atoms with E-state index in [9.17, 15) is 13.2 Å². The van der Waals surface area contributed by atoms with Crippen molar-refractivity contribution in [1.29, 1.82) is 0 Å². The van der Waals surface area contributed by atoms with Gasteiger partial charge in [-0.25, -0.2) is 8.42 Å². The summed E-state index contributed by atoms with van der Waals surface area (Å²) in [6.45, 7) is 3.59. The Labute approximate surface area is 140 Å². The summed E-state index contributed by atoms with van der Waals surface area (Å²) in [7, 11) is -4.01. The third kappa shape index (κ3) is 2.59. The molecule has 0 aliphatic rings. The van der Waals surface area contributed by atoms with E-state index in [0.717, 1.165) is 16.0 Å². The number of anilines is 1. The molecule has 1 heterocycles. The van der Waals surface area contributed by atoms with Gasteiger partial charge in [-0.15, -0.1) is 0 Å². The molecule has 0 saturated heterocycles. The first kappa shape index (κ1) is 16.3. The van der Waals surface area contributed by atoms with Gasteiger partial charge in [0, 0.05) is 11.3 Å². The molecule has 5 nitrogen and oxygen atoms in total. The molecule has 2 aromatic carbocycles. The van der Waals surface area contributed by atoms with Crippen molar-refractivity contribution >= 4 is 26.6 Å². The number of rotatable bonds is 3. The zero-order valence-electron chi connectivity index (χ0n) is 13.5. The minimum absolute atomic E-state index is 0.0797. The Bertz CT molecular complexity index is 1080. The number of aromatic nitrogens is 1. The van der Waals surface area contributed by atoms with Crippen molar-refractivity contribution in [3.8, 4) is 0 Å². The van der Waals surface area contributed by atoms with Crippen LogP contribution in [0.3, 0.4) is 0 Å². The minimum atomic E-state index is -4.01. The predicted octanol–water partition coefficient (Wildman–Crippen LogP) is 2.69. The first-order valence-corrected chi connectivity index (χ1v) is 9.05. The first-order valence-electron chi connectivity index (χ1n) is 7.61. The molecule has 0 spiro atoms. The molecule has 0 amide bonds. The van der Waals surface area contributed by atoms with E-state index < -0.39 is 15.6 Å². The Morgan fingerprint density at radius 2 is 1.71 bits per heavy atom. The fourth-order valence-electron chi connectivity index (χ4n) is 2.66. The first-order chi connectivity index (χ1) is 11.3. The van der Waals surface area contributed by atoms with E-state index in [1.807, 2.05) is 6.92 Å². The van der Waals surface area contributed by atoms with E-state index in [4.69, 9.17) is 5.73 Å². The number of hydrogen-bond donors (Lipinski definition) is 1. The molecule has 3 rings (SSSR count). The molecule has 0 aliphatic heterocycles. The standard InChI is InChI=1S/C18H18N2O3S/c1-3-13-4-8-16(9-5-13)24(22,23)20-17-11-15(19)7-6-14(17)10-12(2)18(20)21/h4-11H,3,19H2,1-2H3. The smallest absolute Gasteiger partial charge is 0.271 e. The van der Waals surface area contributed by atoms with Crippen LogP contribution in [0.4, 0.5) is 5.69 Å². The zero-order valence-corrected chi connectivity index (χ0v) is 14.3. The zero-order chi connectivity index (χ0) is 17.5. The number of benzene rings is 2. The van der Waals surface area contributed by atoms with Gasteiger partial charge in [0.25, 0.3) is 15.6 Å². The van der Waals surface area contributed by atoms with Crippen LogP contribution in [0, 0.1) is 6.92 Å². The summed E-state index contributed by atoms with van der Waals surface area (Å²) in [5, 5.41) is 0.648. The summed E-state index contributed by atoms with van der Waals surface area (Å²) in [5.41, 5.74) is 7.30. The van der Waals surface area contributed by atoms with Gasteiger partial charge in [0.05, 0.1) is 10.4 Å². The van der Waals surface area contributed by atoms with Gasteiger partial charge in [0.2, 0.25) is 0 Å². The van der Waals surface area contributed by atoms with Crippen LogP contribution in [0.25, 0.3) is 10.9 Å². The average Bonchev–Trinajstić information content (AvgIpc) is 2.56. The molecule has 1 aromatic heterocycles. The molecular formula is C18H18N2O3S. The summed E-state index contributed by atoms with van der Waals surface area (Å²) in [5.74, 6) is 0. The average molecular weight is 342 g/mol. The molecule has 0 saturated carbocycles. The highest BCUT2D eigenvalue weighted by Gasteiger charge is 2.22. The van der Waals surface area contributed by atoms with Crippen LogP contribution in [0.1, 0.15) is 18.1 Å². The van der Waals surface area contributed by atoms with Gasteiger partial charge in [-0.3, -0.25) is 4.79 Å². The number of fused-ring (bicyclic) bond motifs is 1. The van der Waals surface area contributed by atoms with Crippen LogP contribution in [-0.2, 0) is 16.4 Å². The van der Waals surface area contributed by atoms with Gasteiger partial charge >= 0.3 is 0 Å². The summed E-state index contributed by atoms with van der Waals surface area (Å²) in [6, 6.07) is 13.1. The molecule has 2 N–H and O–H groups in total. The van der Waals surface area contributed by atoms with Crippen LogP contribution >= 0.6 is 0 Å². The number of nitrogens with zero attached hydrogens (tertiary/aromatic N) is 1. The topological polar surface area (TPSA) is 82.2 Å². The third-order valence-corrected chi connectivity index (χ3v) is 5.75. The molecule has 0 atom stereocenters. The summed E-state index contributed by atoms with van der Waals surface area (Å²) < 4.78 is 27.0. The lowest BCUT2D eigenvalue weighted by Gasteiger charge is -2.13. The lowest BCUT2D eigenvalue weighted by atomic mass is 10.1. The van der Waals surface area contributed by atoms with E-state index in [1.165, 1.54) is 18.2 Å². The van der Waals surface area contributed by atoms with Gasteiger partial charge in [0.15, 0.2) is 0 Å². The molecule has 0 unspecified atom stereocenters. The SMILES string of the molecule is CCc1ccc(S(=O)(=O)n2c(=O)c(C)cc3ccc(N)cc32)cc1. The van der Waals surface area contributed by atoms with E-state index in [0.29, 0.717) is 16.6 Å². The Balaban J connectivity index is 2.36. The molecule has 0 fully saturated rings. The largest absolute Gasteiger partial charge is 0.399 e. The maximum absolute atomic E-state index is 13.1. The van der Waals surface area contributed by atoms with Gasteiger partial charge in [-0.05, 0) is 54.6 Å². The molecule has 124 valence electrons. The molecular weight excluding hydrogens is 324 g/mol. The van der Waals surface area contributed by atoms with Gasteiger partial charge in [0.1, 0.15) is 0 Å². The van der Waals surface area contributed by atoms with Crippen molar-refractivity contribution < 1.29 is 8.42 Å². The van der Waals surface area contributed by atoms with Crippen molar-refractivity contribution in [2.24, 2.45) is 0 Å². The van der Waals surface area contributed by atoms with Gasteiger partial charge in [-0.1, -0.05) is 25.1 Å². The van der Waals surface area contributed by atoms with Gasteiger partial charge in [-0.2, -0.15) is 3.97 Å². The minimum Gasteiger partial charge on any atom is -0.399 e. The van der Waals surface area contributed by atoms with E-state index >= 15 is 0 Å². The number of nitrogen functional groups attached to an aromatic ring is 1. The second-order valence-corrected chi connectivity index (χ2v) is 7.50. The van der Waals surface area contributed by atoms with Crippen molar-refractivity contribution in [3.05, 3.63) is 70.0 Å². The Hall–Kier alpha value is -2.60. The quantitative estimate of drug-likeness (QED) is 0.742. The van der Waals surface area contributed by atoms with Crippen molar-refractivity contribution in [2.45, 2.75) is 25.2 Å². The Kier molecular flexibility index (Phi) is 3.93. The van der Waals surface area contributed by atoms with E-state index in [2.05, 4.69) is 0 Å². The van der Waals surface area contributed by atoms with Gasteiger partial charge < -0.3 is 5.73 Å². The van der Waals surface area contributed by atoms with Crippen LogP contribution < -0.4 is 11.3 Å². The highest BCUT2D eigenvalue weighted by Crippen LogP contribution is 2.22. The maximum atomic E-state index is 13.1. The molecule has 0 aliphatic carbocycles. The molecule has 6 heteroatoms. The van der Waals surface area contributed by atoms with Crippen LogP contribution in [0.2, 0.25) is 0 Å². The molecule has 3 aromatic rings. The van der Waals surface area contributed by atoms with Crippen LogP contribution in [0.5, 0.6) is 0 Å². The van der Waals surface area contributed by atoms with Crippen LogP contribution in [0.15, 0.2) is 58.2 Å². The van der Waals surface area contributed by atoms with E-state index in [-0.39, 0.29) is 10.4 Å². The lowest BCUT2D eigenvalue weighted by Crippen LogP contribution is -2.29. The van der Waals surface area contributed by atoms with Crippen LogP contribution in [-0.4, -0.2) is 12.4 Å². The number of hydrogen-bond acceptors (Lipinski definition) is 4. The fraction of sp³-hybridized carbons (Fsp3) is 0.167. The normalized spacial score (nSPS) is 11.8. The highest BCUT2D eigenvalue weighted by molar-refractivity contribution is 7.90. The monoisotopic (exact) mass is 342 g/mol. The predicted molar refractivity (Wildman–Crippen MR) is 95.8 cm³/mol. The lowest BCUT2D eigenvalue weighted by molar-refractivity contribution is 0.587. The Morgan fingerprint density at radius 3 is 2.33 bits per heavy atom. The second kappa shape index (κ2) is 5.79. The summed E-state index contributed by atoms with van der Waals surface area (Å²) in [6.07, 6.45) is 0.810. The van der Waals surface area contributed by atoms with E-state index in [1.54, 1.807) is 37.3 Å². The number of aryl methyl sites for hydroxylation is 2. The molecule has 24 heavy (non-hydrogen) atoms. The number of pyridine rings is 1. The van der Waals surface area contributed by atoms with Crippen molar-refractivity contribution in [1.82, 2.24) is 3.97 Å². The Morgan fingerprint density at radius 1 is 1.04 bits per heavy atom. The third-order valence-electron chi connectivity index (χ3n) is 4.04. The highest BCUT2D eigenvalue weighted by atomic mass is 32.2. The maximum Gasteiger partial charge on any atom is 0.271 e. The molecule has 0 radical (unpaired) electrons. The summed E-state index contributed by atoms with van der Waals surface area (Å²) >= 11 is 0.